The minimum atomic E-state index is -4.13. The summed E-state index contributed by atoms with van der Waals surface area (Å²) in [5.74, 6) is -2.85. The molecular weight excluding hydrogens is 422 g/mol. The molecule has 0 radical (unpaired) electrons. The van der Waals surface area contributed by atoms with Crippen LogP contribution in [0.2, 0.25) is 5.02 Å². The lowest BCUT2D eigenvalue weighted by atomic mass is 10.3. The first-order valence-electron chi connectivity index (χ1n) is 8.36. The maximum Gasteiger partial charge on any atom is 0.264 e. The van der Waals surface area contributed by atoms with Crippen molar-refractivity contribution in [3.63, 3.8) is 0 Å². The predicted octanol–water partition coefficient (Wildman–Crippen LogP) is 4.45. The Morgan fingerprint density at radius 1 is 0.897 bits per heavy atom. The van der Waals surface area contributed by atoms with Gasteiger partial charge < -0.3 is 5.32 Å². The quantitative estimate of drug-likeness (QED) is 0.620. The Bertz CT molecular complexity index is 1100. The fraction of sp³-hybridized carbons (Fsp3) is 0.0500. The van der Waals surface area contributed by atoms with Crippen LogP contribution in [-0.4, -0.2) is 20.9 Å². The van der Waals surface area contributed by atoms with Gasteiger partial charge in [0.2, 0.25) is 5.91 Å². The van der Waals surface area contributed by atoms with Gasteiger partial charge >= 0.3 is 0 Å². The molecule has 0 aliphatic carbocycles. The lowest BCUT2D eigenvalue weighted by Crippen LogP contribution is -2.38. The summed E-state index contributed by atoms with van der Waals surface area (Å²) in [5, 5.41) is 2.47. The van der Waals surface area contributed by atoms with E-state index in [1.165, 1.54) is 36.4 Å². The van der Waals surface area contributed by atoms with Crippen molar-refractivity contribution in [3.05, 3.63) is 89.5 Å². The number of para-hydroxylation sites is 1. The number of sulfonamides is 1. The standard InChI is InChI=1S/C20H15ClF2N2O3S/c21-14-9-11-15(12-10-14)25(29(27,28)16-5-2-1-3-6-16)13-19(26)24-20-17(22)7-4-8-18(20)23/h1-12H,13H2,(H,24,26). The van der Waals surface area contributed by atoms with Crippen LogP contribution in [-0.2, 0) is 14.8 Å². The average molecular weight is 437 g/mol. The molecule has 0 bridgehead atoms. The van der Waals surface area contributed by atoms with E-state index >= 15 is 0 Å². The summed E-state index contributed by atoms with van der Waals surface area (Å²) >= 11 is 5.86. The van der Waals surface area contributed by atoms with Crippen molar-refractivity contribution in [1.82, 2.24) is 0 Å². The summed E-state index contributed by atoms with van der Waals surface area (Å²) in [6, 6.07) is 16.4. The van der Waals surface area contributed by atoms with Crippen molar-refractivity contribution in [2.24, 2.45) is 0 Å². The smallest absolute Gasteiger partial charge is 0.264 e. The molecule has 0 aliphatic heterocycles. The highest BCUT2D eigenvalue weighted by Crippen LogP contribution is 2.25. The van der Waals surface area contributed by atoms with Gasteiger partial charge in [-0.05, 0) is 48.5 Å². The molecule has 0 atom stereocenters. The monoisotopic (exact) mass is 436 g/mol. The van der Waals surface area contributed by atoms with Crippen LogP contribution in [0.25, 0.3) is 0 Å². The third-order valence-electron chi connectivity index (χ3n) is 3.96. The van der Waals surface area contributed by atoms with Crippen LogP contribution in [0.1, 0.15) is 0 Å². The van der Waals surface area contributed by atoms with Crippen LogP contribution in [0.5, 0.6) is 0 Å². The van der Waals surface area contributed by atoms with E-state index in [-0.39, 0.29) is 10.6 Å². The summed E-state index contributed by atoms with van der Waals surface area (Å²) < 4.78 is 54.7. The Morgan fingerprint density at radius 3 is 2.07 bits per heavy atom. The van der Waals surface area contributed by atoms with Crippen LogP contribution in [0.4, 0.5) is 20.2 Å². The van der Waals surface area contributed by atoms with E-state index in [0.717, 1.165) is 22.5 Å². The minimum Gasteiger partial charge on any atom is -0.320 e. The number of benzene rings is 3. The third kappa shape index (κ3) is 4.72. The zero-order valence-electron chi connectivity index (χ0n) is 14.8. The Morgan fingerprint density at radius 2 is 1.48 bits per heavy atom. The lowest BCUT2D eigenvalue weighted by molar-refractivity contribution is -0.114. The van der Waals surface area contributed by atoms with E-state index in [2.05, 4.69) is 5.32 Å². The SMILES string of the molecule is O=C(CN(c1ccc(Cl)cc1)S(=O)(=O)c1ccccc1)Nc1c(F)cccc1F. The molecule has 9 heteroatoms. The van der Waals surface area contributed by atoms with E-state index in [1.54, 1.807) is 18.2 Å². The van der Waals surface area contributed by atoms with Gasteiger partial charge in [-0.15, -0.1) is 0 Å². The molecule has 0 saturated carbocycles. The van der Waals surface area contributed by atoms with Gasteiger partial charge in [-0.1, -0.05) is 35.9 Å². The molecule has 0 unspecified atom stereocenters. The normalized spacial score (nSPS) is 11.1. The average Bonchev–Trinajstić information content (AvgIpc) is 2.70. The summed E-state index contributed by atoms with van der Waals surface area (Å²) in [5.41, 5.74) is -0.479. The number of carbonyl (C=O) groups is 1. The minimum absolute atomic E-state index is 0.0418. The molecule has 3 aromatic rings. The van der Waals surface area contributed by atoms with E-state index in [1.807, 2.05) is 0 Å². The second-order valence-electron chi connectivity index (χ2n) is 5.95. The van der Waals surface area contributed by atoms with Gasteiger partial charge in [0.05, 0.1) is 10.6 Å². The molecule has 0 heterocycles. The zero-order valence-corrected chi connectivity index (χ0v) is 16.4. The van der Waals surface area contributed by atoms with Crippen molar-refractivity contribution >= 4 is 38.9 Å². The molecule has 1 N–H and O–H groups in total. The number of nitrogens with zero attached hydrogens (tertiary/aromatic N) is 1. The second kappa shape index (κ2) is 8.59. The molecule has 5 nitrogen and oxygen atoms in total. The van der Waals surface area contributed by atoms with Crippen molar-refractivity contribution < 1.29 is 22.0 Å². The number of halogens is 3. The molecule has 0 aromatic heterocycles. The lowest BCUT2D eigenvalue weighted by Gasteiger charge is -2.24. The summed E-state index contributed by atoms with van der Waals surface area (Å²) in [6.07, 6.45) is 0. The fourth-order valence-electron chi connectivity index (χ4n) is 2.57. The van der Waals surface area contributed by atoms with Crippen LogP contribution in [0.3, 0.4) is 0 Å². The number of nitrogens with one attached hydrogen (secondary N) is 1. The first-order valence-corrected chi connectivity index (χ1v) is 10.2. The molecule has 0 fully saturated rings. The second-order valence-corrected chi connectivity index (χ2v) is 8.24. The topological polar surface area (TPSA) is 66.5 Å². The van der Waals surface area contributed by atoms with Gasteiger partial charge in [-0.3, -0.25) is 9.10 Å². The molecule has 0 aliphatic rings. The van der Waals surface area contributed by atoms with E-state index in [4.69, 9.17) is 11.6 Å². The number of hydrogen-bond donors (Lipinski definition) is 1. The van der Waals surface area contributed by atoms with Crippen LogP contribution in [0.15, 0.2) is 77.7 Å². The first kappa shape index (κ1) is 20.8. The highest BCUT2D eigenvalue weighted by molar-refractivity contribution is 7.92. The molecular formula is C20H15ClF2N2O3S. The molecule has 0 spiro atoms. The third-order valence-corrected chi connectivity index (χ3v) is 6.00. The molecule has 3 rings (SSSR count). The Kier molecular flexibility index (Phi) is 6.14. The maximum atomic E-state index is 13.8. The van der Waals surface area contributed by atoms with Crippen molar-refractivity contribution in [2.45, 2.75) is 4.90 Å². The summed E-state index contributed by atoms with van der Waals surface area (Å²) in [4.78, 5) is 12.4. The number of carbonyl (C=O) groups excluding carboxylic acids is 1. The van der Waals surface area contributed by atoms with Gasteiger partial charge in [0.1, 0.15) is 23.9 Å². The molecule has 3 aromatic carbocycles. The zero-order chi connectivity index (χ0) is 21.0. The van der Waals surface area contributed by atoms with Crippen molar-refractivity contribution in [1.29, 1.82) is 0 Å². The highest BCUT2D eigenvalue weighted by atomic mass is 35.5. The van der Waals surface area contributed by atoms with Crippen LogP contribution < -0.4 is 9.62 Å². The Labute approximate surface area is 171 Å². The molecule has 29 heavy (non-hydrogen) atoms. The number of hydrogen-bond acceptors (Lipinski definition) is 3. The summed E-state index contributed by atoms with van der Waals surface area (Å²) in [7, 11) is -4.13. The summed E-state index contributed by atoms with van der Waals surface area (Å²) in [6.45, 7) is -0.702. The number of anilines is 2. The Balaban J connectivity index is 1.96. The highest BCUT2D eigenvalue weighted by Gasteiger charge is 2.27. The Hall–Kier alpha value is -2.97. The van der Waals surface area contributed by atoms with Crippen molar-refractivity contribution in [2.75, 3.05) is 16.2 Å². The van der Waals surface area contributed by atoms with E-state index in [0.29, 0.717) is 5.02 Å². The van der Waals surface area contributed by atoms with E-state index < -0.39 is 39.8 Å². The van der Waals surface area contributed by atoms with Gasteiger partial charge in [-0.2, -0.15) is 0 Å². The molecule has 1 amide bonds. The molecule has 150 valence electrons. The fourth-order valence-corrected chi connectivity index (χ4v) is 4.14. The van der Waals surface area contributed by atoms with Crippen molar-refractivity contribution in [3.8, 4) is 0 Å². The predicted molar refractivity (Wildman–Crippen MR) is 107 cm³/mol. The largest absolute Gasteiger partial charge is 0.320 e. The van der Waals surface area contributed by atoms with Gasteiger partial charge in [-0.25, -0.2) is 17.2 Å². The van der Waals surface area contributed by atoms with Crippen LogP contribution >= 0.6 is 11.6 Å². The van der Waals surface area contributed by atoms with E-state index in [9.17, 15) is 22.0 Å². The van der Waals surface area contributed by atoms with Gasteiger partial charge in [0.25, 0.3) is 10.0 Å². The number of amides is 1. The van der Waals surface area contributed by atoms with Gasteiger partial charge in [0, 0.05) is 5.02 Å². The maximum absolute atomic E-state index is 13.8. The number of rotatable bonds is 6. The van der Waals surface area contributed by atoms with Gasteiger partial charge in [0.15, 0.2) is 0 Å². The molecule has 0 saturated heterocycles. The first-order chi connectivity index (χ1) is 13.8. The van der Waals surface area contributed by atoms with Crippen LogP contribution in [0, 0.1) is 11.6 Å².